The molecule has 2 saturated carbocycles. The van der Waals surface area contributed by atoms with Gasteiger partial charge in [0.05, 0.1) is 18.3 Å². The maximum atomic E-state index is 12.7. The quantitative estimate of drug-likeness (QED) is 0.465. The number of amides is 1. The van der Waals surface area contributed by atoms with Gasteiger partial charge in [-0.25, -0.2) is 9.97 Å². The summed E-state index contributed by atoms with van der Waals surface area (Å²) in [4.78, 5) is 21.7. The highest BCUT2D eigenvalue weighted by Gasteiger charge is 2.31. The topological polar surface area (TPSA) is 126 Å². The lowest BCUT2D eigenvalue weighted by atomic mass is 9.89. The largest absolute Gasteiger partial charge is 0.473 e. The number of aliphatic hydroxyl groups excluding tert-OH is 1. The van der Waals surface area contributed by atoms with E-state index in [0.717, 1.165) is 19.3 Å². The average molecular weight is 409 g/mol. The Morgan fingerprint density at radius 2 is 2.17 bits per heavy atom. The maximum Gasteiger partial charge on any atom is 0.257 e. The molecule has 2 aliphatic carbocycles. The lowest BCUT2D eigenvalue weighted by molar-refractivity contribution is 0.0448. The van der Waals surface area contributed by atoms with Crippen LogP contribution in [-0.2, 0) is 0 Å². The summed E-state index contributed by atoms with van der Waals surface area (Å²) in [6.07, 6.45) is 6.43. The fraction of sp³-hybridized carbons (Fsp3) is 0.400. The molecule has 0 radical (unpaired) electrons. The summed E-state index contributed by atoms with van der Waals surface area (Å²) in [6.45, 7) is 0. The zero-order valence-electron chi connectivity index (χ0n) is 16.5. The van der Waals surface area contributed by atoms with E-state index in [1.807, 2.05) is 12.1 Å². The first-order valence-corrected chi connectivity index (χ1v) is 10.1. The molecule has 156 valence electrons. The Morgan fingerprint density at radius 3 is 2.87 bits per heavy atom. The lowest BCUT2D eigenvalue weighted by Gasteiger charge is -2.32. The van der Waals surface area contributed by atoms with Crippen LogP contribution in [0.1, 0.15) is 36.0 Å². The molecule has 3 aromatic rings. The molecule has 0 aliphatic heterocycles. The number of hydrogen-bond donors (Lipinski definition) is 4. The Balaban J connectivity index is 1.46. The zero-order valence-corrected chi connectivity index (χ0v) is 16.5. The van der Waals surface area contributed by atoms with E-state index < -0.39 is 6.10 Å². The van der Waals surface area contributed by atoms with Crippen LogP contribution in [-0.4, -0.2) is 55.9 Å². The van der Waals surface area contributed by atoms with Crippen molar-refractivity contribution in [1.29, 1.82) is 0 Å². The molecular weight excluding hydrogens is 386 g/mol. The van der Waals surface area contributed by atoms with Crippen molar-refractivity contribution in [3.63, 3.8) is 0 Å². The van der Waals surface area contributed by atoms with Crippen LogP contribution < -0.4 is 20.7 Å². The molecule has 0 aromatic carbocycles. The van der Waals surface area contributed by atoms with Gasteiger partial charge in [0.2, 0.25) is 5.88 Å². The van der Waals surface area contributed by atoms with Crippen LogP contribution in [0.25, 0.3) is 5.65 Å². The van der Waals surface area contributed by atoms with Crippen LogP contribution in [0.15, 0.2) is 30.6 Å². The van der Waals surface area contributed by atoms with Crippen LogP contribution in [0.3, 0.4) is 0 Å². The molecule has 10 nitrogen and oxygen atoms in total. The molecule has 3 heterocycles. The first-order valence-electron chi connectivity index (χ1n) is 10.1. The van der Waals surface area contributed by atoms with E-state index in [9.17, 15) is 9.90 Å². The summed E-state index contributed by atoms with van der Waals surface area (Å²) in [6, 6.07) is 5.26. The molecule has 0 bridgehead atoms. The Hall–Kier alpha value is -3.40. The number of fused-ring (bicyclic) bond motifs is 1. The third-order valence-corrected chi connectivity index (χ3v) is 5.36. The second-order valence-electron chi connectivity index (χ2n) is 7.59. The van der Waals surface area contributed by atoms with Crippen LogP contribution in [0.2, 0.25) is 0 Å². The van der Waals surface area contributed by atoms with Gasteiger partial charge >= 0.3 is 0 Å². The summed E-state index contributed by atoms with van der Waals surface area (Å²) < 4.78 is 7.44. The Kier molecular flexibility index (Phi) is 4.62. The van der Waals surface area contributed by atoms with Gasteiger partial charge < -0.3 is 25.8 Å². The van der Waals surface area contributed by atoms with Crippen molar-refractivity contribution in [2.24, 2.45) is 0 Å². The van der Waals surface area contributed by atoms with Crippen molar-refractivity contribution < 1.29 is 14.6 Å². The van der Waals surface area contributed by atoms with Gasteiger partial charge in [0.25, 0.3) is 5.91 Å². The number of ether oxygens (including phenoxy) is 1. The van der Waals surface area contributed by atoms with Gasteiger partial charge in [-0.3, -0.25) is 4.79 Å². The maximum absolute atomic E-state index is 12.7. The molecular formula is C20H23N7O3. The van der Waals surface area contributed by atoms with E-state index in [2.05, 4.69) is 31.0 Å². The van der Waals surface area contributed by atoms with Crippen LogP contribution >= 0.6 is 0 Å². The van der Waals surface area contributed by atoms with Crippen LogP contribution in [0, 0.1) is 0 Å². The number of carbonyl (C=O) groups excluding carboxylic acids is 1. The normalized spacial score (nSPS) is 20.5. The molecule has 30 heavy (non-hydrogen) atoms. The predicted molar refractivity (Wildman–Crippen MR) is 110 cm³/mol. The lowest BCUT2D eigenvalue weighted by Crippen LogP contribution is -2.50. The van der Waals surface area contributed by atoms with Gasteiger partial charge in [0.1, 0.15) is 29.0 Å². The molecule has 2 aliphatic rings. The van der Waals surface area contributed by atoms with Gasteiger partial charge in [-0.15, -0.1) is 0 Å². The fourth-order valence-corrected chi connectivity index (χ4v) is 3.32. The van der Waals surface area contributed by atoms with E-state index in [-0.39, 0.29) is 18.1 Å². The molecule has 5 rings (SSSR count). The van der Waals surface area contributed by atoms with Crippen molar-refractivity contribution in [1.82, 2.24) is 24.9 Å². The van der Waals surface area contributed by atoms with E-state index >= 15 is 0 Å². The van der Waals surface area contributed by atoms with Crippen molar-refractivity contribution in [2.75, 3.05) is 17.7 Å². The van der Waals surface area contributed by atoms with Crippen LogP contribution in [0.4, 0.5) is 17.3 Å². The van der Waals surface area contributed by atoms with E-state index in [4.69, 9.17) is 4.74 Å². The Labute approximate surface area is 172 Å². The van der Waals surface area contributed by atoms with E-state index in [0.29, 0.717) is 40.8 Å². The molecule has 1 unspecified atom stereocenters. The monoisotopic (exact) mass is 409 g/mol. The van der Waals surface area contributed by atoms with Crippen molar-refractivity contribution in [3.8, 4) is 5.88 Å². The number of aromatic nitrogens is 4. The standard InChI is InChI=1S/C20H23N7O3/c1-21-17-9-16(24-14-3-2-8-22-20(14)30-11-4-5-11)26-18-12(10-23-27(17)18)19(29)25-13-6-7-15(13)28/h2-3,8-11,13,15,21,28H,4-7H2,1H3,(H,24,26)(H,25,29)/t13-,15?/m0/s1. The Bertz CT molecular complexity index is 1100. The number of nitrogens with one attached hydrogen (secondary N) is 3. The molecule has 2 fully saturated rings. The third kappa shape index (κ3) is 3.50. The minimum absolute atomic E-state index is 0.218. The van der Waals surface area contributed by atoms with E-state index in [1.165, 1.54) is 6.20 Å². The Morgan fingerprint density at radius 1 is 1.30 bits per heavy atom. The molecule has 1 amide bonds. The highest BCUT2D eigenvalue weighted by Crippen LogP contribution is 2.32. The molecule has 3 aromatic heterocycles. The minimum Gasteiger partial charge on any atom is -0.473 e. The average Bonchev–Trinajstić information content (AvgIpc) is 3.47. The minimum atomic E-state index is -0.496. The van der Waals surface area contributed by atoms with Crippen molar-refractivity contribution in [2.45, 2.75) is 43.9 Å². The number of rotatable bonds is 7. The summed E-state index contributed by atoms with van der Waals surface area (Å²) in [5, 5.41) is 23.2. The summed E-state index contributed by atoms with van der Waals surface area (Å²) in [7, 11) is 1.77. The fourth-order valence-electron chi connectivity index (χ4n) is 3.32. The molecule has 2 atom stereocenters. The smallest absolute Gasteiger partial charge is 0.257 e. The second kappa shape index (κ2) is 7.45. The van der Waals surface area contributed by atoms with E-state index in [1.54, 1.807) is 23.8 Å². The molecule has 0 saturated heterocycles. The second-order valence-corrected chi connectivity index (χ2v) is 7.59. The van der Waals surface area contributed by atoms with Gasteiger partial charge in [-0.1, -0.05) is 0 Å². The van der Waals surface area contributed by atoms with Crippen LogP contribution in [0.5, 0.6) is 5.88 Å². The van der Waals surface area contributed by atoms with Crippen molar-refractivity contribution >= 4 is 28.9 Å². The molecule has 10 heteroatoms. The predicted octanol–water partition coefficient (Wildman–Crippen LogP) is 1.70. The molecule has 0 spiro atoms. The van der Waals surface area contributed by atoms with Gasteiger partial charge in [0.15, 0.2) is 5.65 Å². The number of anilines is 3. The first-order chi connectivity index (χ1) is 14.6. The molecule has 4 N–H and O–H groups in total. The highest BCUT2D eigenvalue weighted by atomic mass is 16.5. The first kappa shape index (κ1) is 18.6. The number of pyridine rings is 1. The van der Waals surface area contributed by atoms with Crippen molar-refractivity contribution in [3.05, 3.63) is 36.2 Å². The number of aliphatic hydroxyl groups is 1. The zero-order chi connectivity index (χ0) is 20.7. The highest BCUT2D eigenvalue weighted by molar-refractivity contribution is 6.00. The van der Waals surface area contributed by atoms with Gasteiger partial charge in [-0.05, 0) is 37.8 Å². The summed E-state index contributed by atoms with van der Waals surface area (Å²) >= 11 is 0. The number of hydrogen-bond acceptors (Lipinski definition) is 8. The third-order valence-electron chi connectivity index (χ3n) is 5.36. The number of nitrogens with zero attached hydrogens (tertiary/aromatic N) is 4. The summed E-state index contributed by atoms with van der Waals surface area (Å²) in [5.41, 5.74) is 1.45. The SMILES string of the molecule is CNc1cc(Nc2cccnc2OC2CC2)nc2c(C(=O)N[C@H]3CCC3O)cnn12. The number of carbonyl (C=O) groups is 1. The van der Waals surface area contributed by atoms with Gasteiger partial charge in [0, 0.05) is 19.3 Å². The van der Waals surface area contributed by atoms with Gasteiger partial charge in [-0.2, -0.15) is 9.61 Å². The summed E-state index contributed by atoms with van der Waals surface area (Å²) in [5.74, 6) is 1.41.